The quantitative estimate of drug-likeness (QED) is 0.213. The Morgan fingerprint density at radius 3 is 2.85 bits per heavy atom. The molecule has 0 fully saturated rings. The van der Waals surface area contributed by atoms with Crippen LogP contribution in [0.4, 0.5) is 0 Å². The van der Waals surface area contributed by atoms with Crippen molar-refractivity contribution >= 4 is 5.84 Å². The van der Waals surface area contributed by atoms with Crippen molar-refractivity contribution in [2.75, 3.05) is 0 Å². The number of hydrazine groups is 1. The number of nitrogens with two attached hydrogens (primary N) is 2. The zero-order valence-corrected chi connectivity index (χ0v) is 10.1. The Balaban J connectivity index is 0.00000144. The van der Waals surface area contributed by atoms with Crippen molar-refractivity contribution in [3.8, 4) is 0 Å². The molecule has 0 aliphatic heterocycles. The number of aryl methyl sites for hydroxylation is 1. The van der Waals surface area contributed by atoms with Crippen molar-refractivity contribution in [2.45, 2.75) is 6.92 Å². The van der Waals surface area contributed by atoms with Crippen LogP contribution in [-0.2, 0) is 32.7 Å². The third-order valence-corrected chi connectivity index (χ3v) is 1.28. The topological polar surface area (TPSA) is 89.3 Å². The molecule has 1 aromatic rings. The third kappa shape index (κ3) is 3.80. The van der Waals surface area contributed by atoms with Gasteiger partial charge >= 0.3 is 0 Å². The van der Waals surface area contributed by atoms with Crippen molar-refractivity contribution in [2.24, 2.45) is 16.7 Å². The second kappa shape index (κ2) is 6.02. The van der Waals surface area contributed by atoms with Crippen LogP contribution in [0.3, 0.4) is 0 Å². The van der Waals surface area contributed by atoms with E-state index in [-0.39, 0.29) is 38.5 Å². The average molecular weight is 253 g/mol. The van der Waals surface area contributed by atoms with Gasteiger partial charge < -0.3 is 10.7 Å². The average Bonchev–Trinajstić information content (AvgIpc) is 2.06. The van der Waals surface area contributed by atoms with Crippen LogP contribution < -0.4 is 17.1 Å². The fraction of sp³-hybridized carbons (Fsp3) is 0.143. The van der Waals surface area contributed by atoms with Gasteiger partial charge in [0, 0.05) is 32.7 Å². The molecule has 0 unspecified atom stereocenters. The Morgan fingerprint density at radius 1 is 1.69 bits per heavy atom. The van der Waals surface area contributed by atoms with Crippen molar-refractivity contribution < 1.29 is 32.7 Å². The van der Waals surface area contributed by atoms with Crippen molar-refractivity contribution in [3.05, 3.63) is 29.6 Å². The third-order valence-electron chi connectivity index (χ3n) is 1.28. The number of pyridine rings is 1. The number of nitrogens with zero attached hydrogens (tertiary/aromatic N) is 2. The van der Waals surface area contributed by atoms with Crippen LogP contribution in [0.25, 0.3) is 0 Å². The van der Waals surface area contributed by atoms with Gasteiger partial charge in [0.05, 0.1) is 0 Å². The molecule has 0 amide bonds. The maximum Gasteiger partial charge on any atom is 0.113 e. The number of hydrogen-bond acceptors (Lipinski definition) is 4. The summed E-state index contributed by atoms with van der Waals surface area (Å²) in [7, 11) is 0. The van der Waals surface area contributed by atoms with Crippen LogP contribution in [0.5, 0.6) is 0 Å². The summed E-state index contributed by atoms with van der Waals surface area (Å²) in [6.45, 7) is 1.89. The van der Waals surface area contributed by atoms with Crippen LogP contribution >= 0.6 is 0 Å². The Bertz CT molecular complexity index is 281. The molecule has 1 rings (SSSR count). The normalized spacial score (nSPS) is 10.5. The van der Waals surface area contributed by atoms with Gasteiger partial charge in [-0.25, -0.2) is 11.4 Å². The Kier molecular flexibility index (Phi) is 5.78. The maximum atomic E-state index is 5.48. The second-order valence-corrected chi connectivity index (χ2v) is 2.24. The molecular weight excluding hydrogens is 243 g/mol. The summed E-state index contributed by atoms with van der Waals surface area (Å²) < 4.78 is 0. The Morgan fingerprint density at radius 2 is 2.38 bits per heavy atom. The smallest absolute Gasteiger partial charge is 0.113 e. The van der Waals surface area contributed by atoms with E-state index in [9.17, 15) is 0 Å². The zero-order chi connectivity index (χ0) is 8.97. The molecule has 0 saturated carbocycles. The van der Waals surface area contributed by atoms with Gasteiger partial charge in [0.15, 0.2) is 0 Å². The first kappa shape index (κ1) is 12.5. The van der Waals surface area contributed by atoms with E-state index in [1.165, 1.54) is 0 Å². The standard InChI is InChI=1S/C7H10N5.Y/c1-5-2-3-6(10-4-5)7(8)11-12-9;/h3-4,12H,9H2,1H3,(H2,8,11);/q-1;. The molecule has 0 aromatic carbocycles. The molecule has 0 bridgehead atoms. The van der Waals surface area contributed by atoms with Crippen molar-refractivity contribution in [1.82, 2.24) is 10.5 Å². The Labute approximate surface area is 102 Å². The zero-order valence-electron chi connectivity index (χ0n) is 7.28. The van der Waals surface area contributed by atoms with E-state index < -0.39 is 0 Å². The van der Waals surface area contributed by atoms with Gasteiger partial charge in [0.1, 0.15) is 5.84 Å². The molecule has 0 aliphatic carbocycles. The van der Waals surface area contributed by atoms with Gasteiger partial charge in [-0.15, -0.1) is 11.6 Å². The fourth-order valence-electron chi connectivity index (χ4n) is 0.690. The molecule has 0 atom stereocenters. The second-order valence-electron chi connectivity index (χ2n) is 2.24. The summed E-state index contributed by atoms with van der Waals surface area (Å²) in [6.07, 6.45) is 1.66. The molecule has 0 aliphatic rings. The number of rotatable bonds is 2. The molecule has 6 heteroatoms. The molecule has 0 saturated heterocycles. The minimum Gasteiger partial charge on any atom is -0.391 e. The van der Waals surface area contributed by atoms with Crippen LogP contribution in [0.15, 0.2) is 17.4 Å². The number of nitrogens with one attached hydrogen (secondary N) is 1. The molecule has 0 spiro atoms. The van der Waals surface area contributed by atoms with E-state index in [2.05, 4.69) is 21.7 Å². The maximum absolute atomic E-state index is 5.48. The Hall–Kier alpha value is -0.516. The summed E-state index contributed by atoms with van der Waals surface area (Å²) in [5.74, 6) is 5.19. The van der Waals surface area contributed by atoms with Crippen LogP contribution in [0.1, 0.15) is 11.3 Å². The van der Waals surface area contributed by atoms with E-state index >= 15 is 0 Å². The molecule has 5 N–H and O–H groups in total. The number of aromatic nitrogens is 1. The molecule has 13 heavy (non-hydrogen) atoms. The summed E-state index contributed by atoms with van der Waals surface area (Å²) in [6, 6.07) is 4.61. The van der Waals surface area contributed by atoms with Gasteiger partial charge in [0.25, 0.3) is 0 Å². The number of amidine groups is 1. The van der Waals surface area contributed by atoms with Gasteiger partial charge in [-0.1, -0.05) is 13.1 Å². The predicted octanol–water partition coefficient (Wildman–Crippen LogP) is -0.729. The predicted molar refractivity (Wildman–Crippen MR) is 45.9 cm³/mol. The number of hydrazone groups is 1. The van der Waals surface area contributed by atoms with Gasteiger partial charge in [-0.3, -0.25) is 0 Å². The molecule has 1 aromatic heterocycles. The van der Waals surface area contributed by atoms with Crippen LogP contribution in [0.2, 0.25) is 0 Å². The van der Waals surface area contributed by atoms with E-state index in [1.807, 2.05) is 6.92 Å². The van der Waals surface area contributed by atoms with E-state index in [4.69, 9.17) is 11.6 Å². The summed E-state index contributed by atoms with van der Waals surface area (Å²) >= 11 is 0. The van der Waals surface area contributed by atoms with Gasteiger partial charge in [-0.2, -0.15) is 11.2 Å². The summed E-state index contributed by atoms with van der Waals surface area (Å²) in [5, 5.41) is 3.56. The summed E-state index contributed by atoms with van der Waals surface area (Å²) in [4.78, 5) is 4.01. The van der Waals surface area contributed by atoms with Gasteiger partial charge in [0.2, 0.25) is 0 Å². The summed E-state index contributed by atoms with van der Waals surface area (Å²) in [5.41, 5.74) is 9.08. The van der Waals surface area contributed by atoms with E-state index in [0.717, 1.165) is 5.56 Å². The van der Waals surface area contributed by atoms with Crippen LogP contribution in [0, 0.1) is 13.0 Å². The van der Waals surface area contributed by atoms with E-state index in [1.54, 1.807) is 12.3 Å². The van der Waals surface area contributed by atoms with E-state index in [0.29, 0.717) is 5.69 Å². The minimum atomic E-state index is 0. The molecule has 1 radical (unpaired) electrons. The van der Waals surface area contributed by atoms with Crippen molar-refractivity contribution in [3.63, 3.8) is 0 Å². The number of hydrogen-bond donors (Lipinski definition) is 3. The molecule has 67 valence electrons. The van der Waals surface area contributed by atoms with Crippen LogP contribution in [-0.4, -0.2) is 10.8 Å². The first-order valence-corrected chi connectivity index (χ1v) is 3.37. The molecule has 1 heterocycles. The van der Waals surface area contributed by atoms with Crippen molar-refractivity contribution in [1.29, 1.82) is 0 Å². The monoisotopic (exact) mass is 253 g/mol. The fourth-order valence-corrected chi connectivity index (χ4v) is 0.690. The minimum absolute atomic E-state index is 0. The SMILES string of the molecule is Cc1[c-]cc(/C(N)=N/NN)nc1.[Y]. The first-order chi connectivity index (χ1) is 5.74. The largest absolute Gasteiger partial charge is 0.391 e. The van der Waals surface area contributed by atoms with Gasteiger partial charge in [-0.05, 0) is 5.69 Å². The molecular formula is C7H10N5Y-. The molecule has 5 nitrogen and oxygen atoms in total. The first-order valence-electron chi connectivity index (χ1n) is 3.37.